The normalized spacial score (nSPS) is 11.6. The number of urea groups is 1. The zero-order valence-corrected chi connectivity index (χ0v) is 12.7. The van der Waals surface area contributed by atoms with E-state index in [1.807, 2.05) is 6.92 Å². The number of aliphatic carboxylic acids is 1. The molecule has 7 heteroatoms. The Balaban J connectivity index is 2.63. The van der Waals surface area contributed by atoms with E-state index in [0.29, 0.717) is 22.9 Å². The third-order valence-electron chi connectivity index (χ3n) is 2.86. The Hall–Kier alpha value is -1.95. The van der Waals surface area contributed by atoms with Crippen molar-refractivity contribution >= 4 is 29.3 Å². The van der Waals surface area contributed by atoms with E-state index in [-0.39, 0.29) is 0 Å². The Bertz CT molecular complexity index is 508. The lowest BCUT2D eigenvalue weighted by molar-refractivity contribution is -0.139. The second kappa shape index (κ2) is 8.36. The molecule has 0 bridgehead atoms. The van der Waals surface area contributed by atoms with Crippen LogP contribution >= 0.6 is 11.6 Å². The van der Waals surface area contributed by atoms with Gasteiger partial charge >= 0.3 is 12.0 Å². The summed E-state index contributed by atoms with van der Waals surface area (Å²) in [5.74, 6) is -0.555. The van der Waals surface area contributed by atoms with E-state index in [1.165, 1.54) is 13.2 Å². The van der Waals surface area contributed by atoms with Crippen molar-refractivity contribution in [2.24, 2.45) is 0 Å². The third-order valence-corrected chi connectivity index (χ3v) is 3.15. The van der Waals surface area contributed by atoms with Gasteiger partial charge < -0.3 is 20.5 Å². The molecule has 21 heavy (non-hydrogen) atoms. The number of unbranched alkanes of at least 4 members (excludes halogenated alkanes) is 1. The molecule has 0 heterocycles. The van der Waals surface area contributed by atoms with Gasteiger partial charge in [0.25, 0.3) is 0 Å². The van der Waals surface area contributed by atoms with Crippen LogP contribution in [0.25, 0.3) is 0 Å². The Labute approximate surface area is 128 Å². The molecular weight excluding hydrogens is 296 g/mol. The molecule has 1 rings (SSSR count). The number of anilines is 1. The van der Waals surface area contributed by atoms with Crippen molar-refractivity contribution < 1.29 is 19.4 Å². The maximum atomic E-state index is 11.8. The number of carbonyl (C=O) groups excluding carboxylic acids is 1. The summed E-state index contributed by atoms with van der Waals surface area (Å²) in [6.07, 6.45) is 1.98. The number of ether oxygens (including phenoxy) is 1. The van der Waals surface area contributed by atoms with Crippen molar-refractivity contribution in [3.05, 3.63) is 23.2 Å². The molecule has 0 radical (unpaired) electrons. The first kappa shape index (κ1) is 17.1. The number of hydrogen-bond acceptors (Lipinski definition) is 3. The number of carbonyl (C=O) groups is 2. The third kappa shape index (κ3) is 5.51. The molecule has 0 aromatic heterocycles. The molecule has 0 spiro atoms. The molecule has 1 atom stereocenters. The number of methoxy groups -OCH3 is 1. The number of benzene rings is 1. The lowest BCUT2D eigenvalue weighted by atomic mass is 10.1. The molecular formula is C14H19ClN2O4. The zero-order valence-electron chi connectivity index (χ0n) is 12.0. The molecule has 0 fully saturated rings. The number of halogens is 1. The minimum absolute atomic E-state index is 0.357. The maximum absolute atomic E-state index is 11.8. The van der Waals surface area contributed by atoms with E-state index >= 15 is 0 Å². The van der Waals surface area contributed by atoms with Crippen LogP contribution in [0.2, 0.25) is 5.02 Å². The van der Waals surface area contributed by atoms with Crippen LogP contribution in [0.1, 0.15) is 26.2 Å². The van der Waals surface area contributed by atoms with E-state index in [1.54, 1.807) is 12.1 Å². The van der Waals surface area contributed by atoms with Gasteiger partial charge in [0, 0.05) is 5.69 Å². The van der Waals surface area contributed by atoms with Crippen molar-refractivity contribution in [2.45, 2.75) is 32.2 Å². The maximum Gasteiger partial charge on any atom is 0.326 e. The second-order valence-electron chi connectivity index (χ2n) is 4.48. The van der Waals surface area contributed by atoms with Crippen molar-refractivity contribution in [3.8, 4) is 5.75 Å². The second-order valence-corrected chi connectivity index (χ2v) is 4.89. The molecule has 1 aromatic rings. The fourth-order valence-electron chi connectivity index (χ4n) is 1.74. The summed E-state index contributed by atoms with van der Waals surface area (Å²) in [5.41, 5.74) is 0.456. The summed E-state index contributed by atoms with van der Waals surface area (Å²) >= 11 is 5.95. The highest BCUT2D eigenvalue weighted by molar-refractivity contribution is 6.32. The molecule has 116 valence electrons. The lowest BCUT2D eigenvalue weighted by Gasteiger charge is -2.15. The molecule has 6 nitrogen and oxygen atoms in total. The highest BCUT2D eigenvalue weighted by Crippen LogP contribution is 2.27. The standard InChI is InChI=1S/C14H19ClN2O4/c1-3-4-5-11(13(18)19)17-14(20)16-9-6-7-12(21-2)10(15)8-9/h6-8,11H,3-5H2,1-2H3,(H,18,19)(H2,16,17,20). The van der Waals surface area contributed by atoms with Crippen LogP contribution in [0.3, 0.4) is 0 Å². The first-order valence-electron chi connectivity index (χ1n) is 6.61. The van der Waals surface area contributed by atoms with Crippen molar-refractivity contribution in [2.75, 3.05) is 12.4 Å². The molecule has 2 amide bonds. The van der Waals surface area contributed by atoms with E-state index in [9.17, 15) is 9.59 Å². The molecule has 1 unspecified atom stereocenters. The molecule has 3 N–H and O–H groups in total. The predicted octanol–water partition coefficient (Wildman–Crippen LogP) is 3.11. The van der Waals surface area contributed by atoms with Gasteiger partial charge in [-0.15, -0.1) is 0 Å². The minimum Gasteiger partial charge on any atom is -0.495 e. The summed E-state index contributed by atoms with van der Waals surface area (Å²) in [6, 6.07) is 3.27. The van der Waals surface area contributed by atoms with Gasteiger partial charge in [-0.1, -0.05) is 31.4 Å². The predicted molar refractivity (Wildman–Crippen MR) is 81.1 cm³/mol. The largest absolute Gasteiger partial charge is 0.495 e. The van der Waals surface area contributed by atoms with E-state index in [2.05, 4.69) is 10.6 Å². The zero-order chi connectivity index (χ0) is 15.8. The Morgan fingerprint density at radius 1 is 1.43 bits per heavy atom. The van der Waals surface area contributed by atoms with Crippen LogP contribution in [-0.4, -0.2) is 30.3 Å². The highest BCUT2D eigenvalue weighted by Gasteiger charge is 2.19. The minimum atomic E-state index is -1.05. The van der Waals surface area contributed by atoms with Crippen molar-refractivity contribution in [3.63, 3.8) is 0 Å². The van der Waals surface area contributed by atoms with Crippen LogP contribution in [0.5, 0.6) is 5.75 Å². The lowest BCUT2D eigenvalue weighted by Crippen LogP contribution is -2.42. The number of hydrogen-bond donors (Lipinski definition) is 3. The highest BCUT2D eigenvalue weighted by atomic mass is 35.5. The average molecular weight is 315 g/mol. The summed E-state index contributed by atoms with van der Waals surface area (Å²) in [5, 5.41) is 14.4. The monoisotopic (exact) mass is 314 g/mol. The van der Waals surface area contributed by atoms with Crippen molar-refractivity contribution in [1.29, 1.82) is 0 Å². The molecule has 0 aliphatic heterocycles. The number of rotatable bonds is 7. The summed E-state index contributed by atoms with van der Waals surface area (Å²) in [6.45, 7) is 1.96. The van der Waals surface area contributed by atoms with Gasteiger partial charge in [-0.05, 0) is 24.6 Å². The first-order chi connectivity index (χ1) is 9.97. The smallest absolute Gasteiger partial charge is 0.326 e. The molecule has 0 aliphatic rings. The summed E-state index contributed by atoms with van der Waals surface area (Å²) in [7, 11) is 1.49. The fraction of sp³-hybridized carbons (Fsp3) is 0.429. The van der Waals surface area contributed by atoms with Crippen LogP contribution in [0.4, 0.5) is 10.5 Å². The van der Waals surface area contributed by atoms with Gasteiger partial charge in [-0.2, -0.15) is 0 Å². The topological polar surface area (TPSA) is 87.7 Å². The van der Waals surface area contributed by atoms with Gasteiger partial charge in [-0.3, -0.25) is 0 Å². The van der Waals surface area contributed by atoms with Crippen LogP contribution < -0.4 is 15.4 Å². The van der Waals surface area contributed by atoms with Crippen LogP contribution in [0.15, 0.2) is 18.2 Å². The summed E-state index contributed by atoms with van der Waals surface area (Å²) < 4.78 is 5.01. The SMILES string of the molecule is CCCCC(NC(=O)Nc1ccc(OC)c(Cl)c1)C(=O)O. The fourth-order valence-corrected chi connectivity index (χ4v) is 1.99. The first-order valence-corrected chi connectivity index (χ1v) is 6.99. The summed E-state index contributed by atoms with van der Waals surface area (Å²) in [4.78, 5) is 22.8. The Morgan fingerprint density at radius 2 is 2.14 bits per heavy atom. The van der Waals surface area contributed by atoms with Gasteiger partial charge in [-0.25, -0.2) is 9.59 Å². The van der Waals surface area contributed by atoms with Crippen LogP contribution in [-0.2, 0) is 4.79 Å². The number of amides is 2. The number of carboxylic acid groups (broad SMARTS) is 1. The number of carboxylic acids is 1. The van der Waals surface area contributed by atoms with E-state index in [4.69, 9.17) is 21.4 Å². The van der Waals surface area contributed by atoms with Gasteiger partial charge in [0.15, 0.2) is 0 Å². The van der Waals surface area contributed by atoms with E-state index in [0.717, 1.165) is 12.8 Å². The molecule has 0 saturated carbocycles. The van der Waals surface area contributed by atoms with Crippen molar-refractivity contribution in [1.82, 2.24) is 5.32 Å². The quantitative estimate of drug-likeness (QED) is 0.721. The van der Waals surface area contributed by atoms with Gasteiger partial charge in [0.2, 0.25) is 0 Å². The molecule has 0 saturated heterocycles. The average Bonchev–Trinajstić information content (AvgIpc) is 2.43. The van der Waals surface area contributed by atoms with Crippen LogP contribution in [0, 0.1) is 0 Å². The Morgan fingerprint density at radius 3 is 2.67 bits per heavy atom. The van der Waals surface area contributed by atoms with E-state index < -0.39 is 18.0 Å². The molecule has 1 aromatic carbocycles. The number of nitrogens with one attached hydrogen (secondary N) is 2. The Kier molecular flexibility index (Phi) is 6.81. The van der Waals surface area contributed by atoms with Gasteiger partial charge in [0.05, 0.1) is 12.1 Å². The van der Waals surface area contributed by atoms with Gasteiger partial charge in [0.1, 0.15) is 11.8 Å². The molecule has 0 aliphatic carbocycles.